The lowest BCUT2D eigenvalue weighted by Crippen LogP contribution is -2.49. The molecule has 1 fully saturated rings. The van der Waals surface area contributed by atoms with Crippen molar-refractivity contribution < 1.29 is 67.0 Å². The number of ether oxygens (including phenoxy) is 2. The molecule has 4 nitrogen and oxygen atoms in total. The Morgan fingerprint density at radius 1 is 0.840 bits per heavy atom. The summed E-state index contributed by atoms with van der Waals surface area (Å²) in [6.07, 6.45) is -15.8. The number of alkyl halides is 9. The van der Waals surface area contributed by atoms with Crippen LogP contribution in [0.25, 0.3) is 0 Å². The van der Waals surface area contributed by atoms with Gasteiger partial charge in [0.2, 0.25) is 0 Å². The van der Waals surface area contributed by atoms with Gasteiger partial charge in [-0.2, -0.15) is 30.7 Å². The maximum absolute atomic E-state index is 15.2. The lowest BCUT2D eigenvalue weighted by Gasteiger charge is -2.37. The van der Waals surface area contributed by atoms with Crippen molar-refractivity contribution in [1.29, 1.82) is 0 Å². The highest BCUT2D eigenvalue weighted by Crippen LogP contribution is 2.49. The minimum atomic E-state index is -5.26. The van der Waals surface area contributed by atoms with E-state index in [0.29, 0.717) is 30.3 Å². The molecule has 5 rings (SSSR count). The van der Waals surface area contributed by atoms with Gasteiger partial charge in [-0.15, -0.1) is 0 Å². The van der Waals surface area contributed by atoms with E-state index < -0.39 is 107 Å². The fourth-order valence-electron chi connectivity index (χ4n) is 5.20. The maximum Gasteiger partial charge on any atom is 0.461 e. The predicted octanol–water partition coefficient (Wildman–Crippen LogP) is 9.31. The Kier molecular flexibility index (Phi) is 9.78. The molecular weight excluding hydrogens is 698 g/mol. The fraction of sp³-hybridized carbons (Fsp3) is 0.265. The van der Waals surface area contributed by atoms with Crippen molar-refractivity contribution in [3.8, 4) is 11.5 Å². The molecule has 4 aromatic carbocycles. The first-order valence-corrected chi connectivity index (χ1v) is 14.5. The molecule has 0 saturated heterocycles. The zero-order valence-corrected chi connectivity index (χ0v) is 25.1. The first kappa shape index (κ1) is 36.4. The van der Waals surface area contributed by atoms with E-state index in [4.69, 9.17) is 4.74 Å². The second kappa shape index (κ2) is 13.4. The highest BCUT2D eigenvalue weighted by atomic mass is 19.4. The van der Waals surface area contributed by atoms with Gasteiger partial charge in [0.05, 0.1) is 23.6 Å². The number of benzene rings is 4. The molecule has 0 spiro atoms. The normalized spacial score (nSPS) is 16.9. The number of carbonyl (C=O) groups excluding carboxylic acids is 1. The van der Waals surface area contributed by atoms with E-state index in [1.54, 1.807) is 6.07 Å². The van der Waals surface area contributed by atoms with Gasteiger partial charge in [-0.05, 0) is 59.2 Å². The number of hydrogen-bond donors (Lipinski definition) is 1. The SMILES string of the molecule is O=C(N[C@@](Cc1ccccc1)(c1cc(F)cc(OC(F)(F)C(F)F)c1)c1ccc(F)c(OCC2CC2(F)F)c1)c1ccc(F)c(C(F)(F)F)c1. The van der Waals surface area contributed by atoms with Crippen LogP contribution in [0.4, 0.5) is 52.7 Å². The van der Waals surface area contributed by atoms with Crippen molar-refractivity contribution >= 4 is 5.91 Å². The lowest BCUT2D eigenvalue weighted by atomic mass is 9.77. The molecule has 1 amide bonds. The van der Waals surface area contributed by atoms with Gasteiger partial charge in [0.15, 0.2) is 11.6 Å². The minimum absolute atomic E-state index is 0.177. The molecule has 0 radical (unpaired) electrons. The molecule has 1 aliphatic rings. The molecule has 4 aromatic rings. The third-order valence-corrected chi connectivity index (χ3v) is 7.86. The van der Waals surface area contributed by atoms with Crippen molar-refractivity contribution in [3.05, 3.63) is 130 Å². The van der Waals surface area contributed by atoms with Crippen molar-refractivity contribution in [3.63, 3.8) is 0 Å². The average molecular weight is 722 g/mol. The zero-order valence-electron chi connectivity index (χ0n) is 25.1. The van der Waals surface area contributed by atoms with Gasteiger partial charge in [0.1, 0.15) is 17.4 Å². The molecule has 50 heavy (non-hydrogen) atoms. The summed E-state index contributed by atoms with van der Waals surface area (Å²) in [5, 5.41) is 2.42. The van der Waals surface area contributed by atoms with Gasteiger partial charge >= 0.3 is 18.7 Å². The Labute approximate surface area is 275 Å². The first-order chi connectivity index (χ1) is 23.3. The monoisotopic (exact) mass is 721 g/mol. The quantitative estimate of drug-likeness (QED) is 0.149. The highest BCUT2D eigenvalue weighted by molar-refractivity contribution is 5.95. The molecular formula is C34H23F12NO3. The first-order valence-electron chi connectivity index (χ1n) is 14.5. The van der Waals surface area contributed by atoms with Crippen LogP contribution in [0.1, 0.15) is 39.0 Å². The average Bonchev–Trinajstić information content (AvgIpc) is 3.65. The molecule has 0 aliphatic heterocycles. The Hall–Kier alpha value is -4.89. The number of hydrogen-bond acceptors (Lipinski definition) is 3. The van der Waals surface area contributed by atoms with Crippen LogP contribution >= 0.6 is 0 Å². The van der Waals surface area contributed by atoms with E-state index in [-0.39, 0.29) is 17.2 Å². The van der Waals surface area contributed by atoms with E-state index in [2.05, 4.69) is 10.1 Å². The Morgan fingerprint density at radius 2 is 1.50 bits per heavy atom. The Bertz CT molecular complexity index is 1870. The van der Waals surface area contributed by atoms with Gasteiger partial charge in [-0.25, -0.2) is 22.0 Å². The topological polar surface area (TPSA) is 47.6 Å². The molecule has 1 aliphatic carbocycles. The van der Waals surface area contributed by atoms with Gasteiger partial charge in [0, 0.05) is 24.5 Å². The van der Waals surface area contributed by atoms with Crippen LogP contribution in [0.3, 0.4) is 0 Å². The fourth-order valence-corrected chi connectivity index (χ4v) is 5.20. The van der Waals surface area contributed by atoms with Gasteiger partial charge in [-0.1, -0.05) is 36.4 Å². The van der Waals surface area contributed by atoms with Gasteiger partial charge < -0.3 is 14.8 Å². The summed E-state index contributed by atoms with van der Waals surface area (Å²) in [5.74, 6) is -11.7. The molecule has 16 heteroatoms. The molecule has 1 unspecified atom stereocenters. The van der Waals surface area contributed by atoms with Crippen LogP contribution < -0.4 is 14.8 Å². The number of amides is 1. The minimum Gasteiger partial charge on any atom is -0.490 e. The Morgan fingerprint density at radius 3 is 2.12 bits per heavy atom. The smallest absolute Gasteiger partial charge is 0.461 e. The van der Waals surface area contributed by atoms with Crippen LogP contribution in [-0.4, -0.2) is 31.0 Å². The summed E-state index contributed by atoms with van der Waals surface area (Å²) >= 11 is 0. The molecule has 1 saturated carbocycles. The maximum atomic E-state index is 15.2. The number of halogens is 12. The molecule has 0 bridgehead atoms. The standard InChI is InChI=1S/C34H23F12NO3/c35-23-11-21(12-24(14-23)50-34(45,46)30(38)39)31(15-18-4-2-1-3-5-18,47-29(48)19-6-8-26(36)25(10-19)33(42,43)44)20-7-9-27(37)28(13-20)49-17-22-16-32(22,40)41/h1-14,22,30H,15-17H2,(H,47,48)/t22?,31-/m1/s1. The van der Waals surface area contributed by atoms with Crippen LogP contribution in [0, 0.1) is 23.4 Å². The second-order valence-corrected chi connectivity index (χ2v) is 11.5. The van der Waals surface area contributed by atoms with Crippen molar-refractivity contribution in [2.45, 2.75) is 43.0 Å². The largest absolute Gasteiger partial charge is 0.490 e. The number of rotatable bonds is 12. The summed E-state index contributed by atoms with van der Waals surface area (Å²) in [7, 11) is 0. The van der Waals surface area contributed by atoms with E-state index in [9.17, 15) is 53.1 Å². The lowest BCUT2D eigenvalue weighted by molar-refractivity contribution is -0.253. The van der Waals surface area contributed by atoms with Crippen LogP contribution in [0.15, 0.2) is 84.9 Å². The summed E-state index contributed by atoms with van der Waals surface area (Å²) in [6.45, 7) is -0.665. The molecule has 266 valence electrons. The number of nitrogens with one attached hydrogen (secondary N) is 1. The van der Waals surface area contributed by atoms with Crippen molar-refractivity contribution in [2.75, 3.05) is 6.61 Å². The predicted molar refractivity (Wildman–Crippen MR) is 153 cm³/mol. The van der Waals surface area contributed by atoms with E-state index >= 15 is 4.39 Å². The molecule has 0 heterocycles. The van der Waals surface area contributed by atoms with Crippen LogP contribution in [0.2, 0.25) is 0 Å². The second-order valence-electron chi connectivity index (χ2n) is 11.5. The summed E-state index contributed by atoms with van der Waals surface area (Å²) < 4.78 is 175. The summed E-state index contributed by atoms with van der Waals surface area (Å²) in [4.78, 5) is 13.8. The van der Waals surface area contributed by atoms with Crippen molar-refractivity contribution in [2.24, 2.45) is 5.92 Å². The van der Waals surface area contributed by atoms with Crippen LogP contribution in [-0.2, 0) is 18.1 Å². The van der Waals surface area contributed by atoms with E-state index in [1.807, 2.05) is 0 Å². The van der Waals surface area contributed by atoms with Gasteiger partial charge in [0.25, 0.3) is 11.8 Å². The van der Waals surface area contributed by atoms with E-state index in [1.165, 1.54) is 24.3 Å². The third-order valence-electron chi connectivity index (χ3n) is 7.86. The van der Waals surface area contributed by atoms with E-state index in [0.717, 1.165) is 18.2 Å². The summed E-state index contributed by atoms with van der Waals surface area (Å²) in [6, 6.07) is 13.0. The number of carbonyl (C=O) groups is 1. The third kappa shape index (κ3) is 7.94. The van der Waals surface area contributed by atoms with Gasteiger partial charge in [-0.3, -0.25) is 4.79 Å². The molecule has 0 aromatic heterocycles. The summed E-state index contributed by atoms with van der Waals surface area (Å²) in [5.41, 5.74) is -5.44. The molecule has 1 N–H and O–H groups in total. The van der Waals surface area contributed by atoms with Crippen molar-refractivity contribution in [1.82, 2.24) is 5.32 Å². The Balaban J connectivity index is 1.72. The highest BCUT2D eigenvalue weighted by Gasteiger charge is 2.57. The zero-order chi connectivity index (χ0) is 36.6. The van der Waals surface area contributed by atoms with Crippen LogP contribution in [0.5, 0.6) is 11.5 Å². The molecule has 2 atom stereocenters.